The summed E-state index contributed by atoms with van der Waals surface area (Å²) in [5.41, 5.74) is 7.89. The third-order valence-corrected chi connectivity index (χ3v) is 2.89. The number of ether oxygens (including phenoxy) is 2. The Bertz CT molecular complexity index is 671. The van der Waals surface area contributed by atoms with Crippen molar-refractivity contribution in [1.29, 1.82) is 0 Å². The predicted octanol–water partition coefficient (Wildman–Crippen LogP) is 2.51. The highest BCUT2D eigenvalue weighted by molar-refractivity contribution is 5.92. The molecule has 110 valence electrons. The molecule has 2 aromatic heterocycles. The Morgan fingerprint density at radius 1 is 1.38 bits per heavy atom. The van der Waals surface area contributed by atoms with Gasteiger partial charge in [-0.3, -0.25) is 4.98 Å². The van der Waals surface area contributed by atoms with Gasteiger partial charge in [-0.25, -0.2) is 9.78 Å². The summed E-state index contributed by atoms with van der Waals surface area (Å²) in [5, 5.41) is 0. The average Bonchev–Trinajstić information content (AvgIpc) is 2.49. The molecule has 0 aromatic carbocycles. The van der Waals surface area contributed by atoms with E-state index in [0.29, 0.717) is 17.9 Å². The molecule has 0 aliphatic heterocycles. The smallest absolute Gasteiger partial charge is 0.343 e. The van der Waals surface area contributed by atoms with E-state index in [9.17, 15) is 4.79 Å². The minimum Gasteiger partial charge on any atom is -0.465 e. The maximum atomic E-state index is 11.8. The molecule has 21 heavy (non-hydrogen) atoms. The molecule has 0 aliphatic rings. The molecule has 0 radical (unpaired) electrons. The molecule has 6 nitrogen and oxygen atoms in total. The first kappa shape index (κ1) is 14.8. The van der Waals surface area contributed by atoms with Crippen molar-refractivity contribution in [3.8, 4) is 11.6 Å². The van der Waals surface area contributed by atoms with Crippen molar-refractivity contribution in [3.05, 3.63) is 41.3 Å². The number of aromatic nitrogens is 2. The highest BCUT2D eigenvalue weighted by Crippen LogP contribution is 2.27. The quantitative estimate of drug-likeness (QED) is 0.869. The molecular weight excluding hydrogens is 270 g/mol. The number of hydrogen-bond acceptors (Lipinski definition) is 6. The van der Waals surface area contributed by atoms with Crippen molar-refractivity contribution in [2.45, 2.75) is 20.3 Å². The third-order valence-electron chi connectivity index (χ3n) is 2.89. The van der Waals surface area contributed by atoms with Crippen LogP contribution < -0.4 is 10.5 Å². The summed E-state index contributed by atoms with van der Waals surface area (Å²) in [4.78, 5) is 20.2. The standard InChI is InChI=1S/C15H17N3O3/c1-4-12-13(6-5-9(2)18-12)21-14-11(15(19)20-3)7-10(16)8-17-14/h5-8H,4,16H2,1-3H3. The van der Waals surface area contributed by atoms with Gasteiger partial charge in [0.1, 0.15) is 5.56 Å². The number of rotatable bonds is 4. The topological polar surface area (TPSA) is 87.3 Å². The van der Waals surface area contributed by atoms with Gasteiger partial charge in [0.25, 0.3) is 0 Å². The van der Waals surface area contributed by atoms with Gasteiger partial charge in [-0.15, -0.1) is 0 Å². The lowest BCUT2D eigenvalue weighted by Crippen LogP contribution is -2.07. The van der Waals surface area contributed by atoms with Crippen LogP contribution in [0.1, 0.15) is 28.7 Å². The summed E-state index contributed by atoms with van der Waals surface area (Å²) >= 11 is 0. The normalized spacial score (nSPS) is 10.2. The molecule has 2 aromatic rings. The highest BCUT2D eigenvalue weighted by atomic mass is 16.5. The molecule has 2 rings (SSSR count). The van der Waals surface area contributed by atoms with Crippen molar-refractivity contribution >= 4 is 11.7 Å². The fourth-order valence-electron chi connectivity index (χ4n) is 1.85. The van der Waals surface area contributed by atoms with Crippen LogP contribution in [0.3, 0.4) is 0 Å². The van der Waals surface area contributed by atoms with Crippen LogP contribution in [0, 0.1) is 6.92 Å². The van der Waals surface area contributed by atoms with Crippen LogP contribution in [0.15, 0.2) is 24.4 Å². The number of nitrogens with two attached hydrogens (primary N) is 1. The monoisotopic (exact) mass is 287 g/mol. The Balaban J connectivity index is 2.42. The van der Waals surface area contributed by atoms with Gasteiger partial charge in [0.05, 0.1) is 24.7 Å². The van der Waals surface area contributed by atoms with Crippen LogP contribution >= 0.6 is 0 Å². The third kappa shape index (κ3) is 3.28. The van der Waals surface area contributed by atoms with Crippen molar-refractivity contribution in [2.24, 2.45) is 0 Å². The number of carbonyl (C=O) groups excluding carboxylic acids is 1. The molecule has 0 spiro atoms. The van der Waals surface area contributed by atoms with Gasteiger partial charge in [-0.2, -0.15) is 0 Å². The Labute approximate surface area is 122 Å². The van der Waals surface area contributed by atoms with E-state index < -0.39 is 5.97 Å². The highest BCUT2D eigenvalue weighted by Gasteiger charge is 2.17. The maximum absolute atomic E-state index is 11.8. The predicted molar refractivity (Wildman–Crippen MR) is 78.4 cm³/mol. The molecule has 6 heteroatoms. The lowest BCUT2D eigenvalue weighted by atomic mass is 10.2. The summed E-state index contributed by atoms with van der Waals surface area (Å²) in [5.74, 6) is 0.157. The Morgan fingerprint density at radius 2 is 2.14 bits per heavy atom. The molecule has 0 atom stereocenters. The zero-order chi connectivity index (χ0) is 15.4. The van der Waals surface area contributed by atoms with E-state index in [2.05, 4.69) is 9.97 Å². The van der Waals surface area contributed by atoms with Gasteiger partial charge in [0, 0.05) is 5.69 Å². The van der Waals surface area contributed by atoms with E-state index >= 15 is 0 Å². The van der Waals surface area contributed by atoms with E-state index in [1.165, 1.54) is 19.4 Å². The van der Waals surface area contributed by atoms with Crippen LogP contribution in [0.4, 0.5) is 5.69 Å². The average molecular weight is 287 g/mol. The fraction of sp³-hybridized carbons (Fsp3) is 0.267. The molecule has 0 fully saturated rings. The van der Waals surface area contributed by atoms with Gasteiger partial charge in [0.2, 0.25) is 5.88 Å². The summed E-state index contributed by atoms with van der Waals surface area (Å²) < 4.78 is 10.4. The Hall–Kier alpha value is -2.63. The SMILES string of the molecule is CCc1nc(C)ccc1Oc1ncc(N)cc1C(=O)OC. The van der Waals surface area contributed by atoms with E-state index in [1.807, 2.05) is 19.9 Å². The molecule has 0 saturated carbocycles. The van der Waals surface area contributed by atoms with E-state index in [-0.39, 0.29) is 11.4 Å². The molecule has 0 amide bonds. The molecule has 2 heterocycles. The van der Waals surface area contributed by atoms with Crippen LogP contribution in [0.2, 0.25) is 0 Å². The number of anilines is 1. The van der Waals surface area contributed by atoms with E-state index in [0.717, 1.165) is 11.4 Å². The Morgan fingerprint density at radius 3 is 2.81 bits per heavy atom. The van der Waals surface area contributed by atoms with Crippen molar-refractivity contribution < 1.29 is 14.3 Å². The summed E-state index contributed by atoms with van der Waals surface area (Å²) in [6.45, 7) is 3.89. The van der Waals surface area contributed by atoms with E-state index in [4.69, 9.17) is 15.2 Å². The lowest BCUT2D eigenvalue weighted by molar-refractivity contribution is 0.0597. The molecular formula is C15H17N3O3. The number of carbonyl (C=O) groups is 1. The van der Waals surface area contributed by atoms with Crippen LogP contribution in [0.25, 0.3) is 0 Å². The largest absolute Gasteiger partial charge is 0.465 e. The first-order chi connectivity index (χ1) is 10.0. The minimum atomic E-state index is -0.553. The van der Waals surface area contributed by atoms with Gasteiger partial charge in [0.15, 0.2) is 5.75 Å². The van der Waals surface area contributed by atoms with Crippen LogP contribution in [-0.2, 0) is 11.2 Å². The number of pyridine rings is 2. The summed E-state index contributed by atoms with van der Waals surface area (Å²) in [6, 6.07) is 5.12. The van der Waals surface area contributed by atoms with Crippen molar-refractivity contribution in [1.82, 2.24) is 9.97 Å². The second-order valence-electron chi connectivity index (χ2n) is 4.47. The fourth-order valence-corrected chi connectivity index (χ4v) is 1.85. The molecule has 0 saturated heterocycles. The number of methoxy groups -OCH3 is 1. The van der Waals surface area contributed by atoms with Gasteiger partial charge in [-0.05, 0) is 31.5 Å². The minimum absolute atomic E-state index is 0.149. The zero-order valence-corrected chi connectivity index (χ0v) is 12.2. The van der Waals surface area contributed by atoms with Gasteiger partial charge < -0.3 is 15.2 Å². The number of nitrogens with zero attached hydrogens (tertiary/aromatic N) is 2. The molecule has 0 aliphatic carbocycles. The molecule has 2 N–H and O–H groups in total. The molecule has 0 unspecified atom stereocenters. The number of aryl methyl sites for hydroxylation is 2. The van der Waals surface area contributed by atoms with Gasteiger partial charge >= 0.3 is 5.97 Å². The first-order valence-corrected chi connectivity index (χ1v) is 6.53. The van der Waals surface area contributed by atoms with Gasteiger partial charge in [-0.1, -0.05) is 6.92 Å². The summed E-state index contributed by atoms with van der Waals surface area (Å²) in [6.07, 6.45) is 2.13. The Kier molecular flexibility index (Phi) is 4.37. The lowest BCUT2D eigenvalue weighted by Gasteiger charge is -2.12. The van der Waals surface area contributed by atoms with Crippen LogP contribution in [0.5, 0.6) is 11.6 Å². The van der Waals surface area contributed by atoms with Crippen LogP contribution in [-0.4, -0.2) is 23.0 Å². The first-order valence-electron chi connectivity index (χ1n) is 6.53. The number of nitrogen functional groups attached to an aromatic ring is 1. The zero-order valence-electron chi connectivity index (χ0n) is 12.2. The number of esters is 1. The van der Waals surface area contributed by atoms with Crippen molar-refractivity contribution in [3.63, 3.8) is 0 Å². The summed E-state index contributed by atoms with van der Waals surface area (Å²) in [7, 11) is 1.29. The van der Waals surface area contributed by atoms with E-state index in [1.54, 1.807) is 6.07 Å². The number of hydrogen-bond donors (Lipinski definition) is 1. The molecule has 0 bridgehead atoms. The van der Waals surface area contributed by atoms with Crippen molar-refractivity contribution in [2.75, 3.05) is 12.8 Å². The maximum Gasteiger partial charge on any atom is 0.343 e. The second kappa shape index (κ2) is 6.21. The second-order valence-corrected chi connectivity index (χ2v) is 4.47.